The van der Waals surface area contributed by atoms with E-state index in [1.165, 1.54) is 38.5 Å². The van der Waals surface area contributed by atoms with Crippen molar-refractivity contribution in [3.63, 3.8) is 0 Å². The lowest BCUT2D eigenvalue weighted by atomic mass is 10.1. The average molecular weight is 232 g/mol. The number of hydrogen-bond acceptors (Lipinski definition) is 2. The molecule has 0 spiro atoms. The van der Waals surface area contributed by atoms with E-state index in [0.717, 1.165) is 16.9 Å². The smallest absolute Gasteiger partial charge is 0.149 e. The van der Waals surface area contributed by atoms with E-state index in [2.05, 4.69) is 20.8 Å². The molecule has 0 fully saturated rings. The zero-order valence-electron chi connectivity index (χ0n) is 10.9. The molecule has 3 heteroatoms. The van der Waals surface area contributed by atoms with Gasteiger partial charge in [0.25, 0.3) is 0 Å². The normalized spacial score (nSPS) is 13.6. The minimum absolute atomic E-state index is 0.0513. The van der Waals surface area contributed by atoms with Crippen LogP contribution >= 0.6 is 0 Å². The predicted octanol–water partition coefficient (Wildman–Crippen LogP) is 2.79. The number of unbranched alkanes of at least 4 members (excludes halogenated alkanes) is 2. The molecule has 1 unspecified atom stereocenters. The van der Waals surface area contributed by atoms with Crippen molar-refractivity contribution in [2.75, 3.05) is 0 Å². The summed E-state index contributed by atoms with van der Waals surface area (Å²) >= 11 is 0. The molecule has 0 aromatic carbocycles. The molecule has 0 saturated carbocycles. The van der Waals surface area contributed by atoms with E-state index >= 15 is 0 Å². The van der Waals surface area contributed by atoms with Crippen molar-refractivity contribution in [3.05, 3.63) is 0 Å². The van der Waals surface area contributed by atoms with Gasteiger partial charge in [-0.15, -0.1) is 0 Å². The van der Waals surface area contributed by atoms with Crippen molar-refractivity contribution in [2.24, 2.45) is 0 Å². The van der Waals surface area contributed by atoms with Crippen LogP contribution in [0.1, 0.15) is 65.7 Å². The minimum Gasteiger partial charge on any atom is -0.404 e. The maximum Gasteiger partial charge on any atom is 0.149 e. The quantitative estimate of drug-likeness (QED) is 0.426. The molecule has 15 heavy (non-hydrogen) atoms. The van der Waals surface area contributed by atoms with E-state index < -0.39 is 0 Å². The highest BCUT2D eigenvalue weighted by atomic mass is 28.2. The molecule has 0 rings (SSSR count). The Bertz CT molecular complexity index is 119. The van der Waals surface area contributed by atoms with Gasteiger partial charge in [0.1, 0.15) is 16.8 Å². The van der Waals surface area contributed by atoms with Crippen LogP contribution in [0.3, 0.4) is 0 Å². The molecule has 2 nitrogen and oxygen atoms in total. The first-order valence-corrected chi connectivity index (χ1v) is 7.28. The van der Waals surface area contributed by atoms with Crippen LogP contribution in [0.5, 0.6) is 0 Å². The van der Waals surface area contributed by atoms with Gasteiger partial charge in [-0.1, -0.05) is 46.5 Å². The molecule has 1 atom stereocenters. The first-order chi connectivity index (χ1) is 7.28. The molecule has 0 aliphatic heterocycles. The van der Waals surface area contributed by atoms with Crippen molar-refractivity contribution in [2.45, 2.75) is 78.1 Å². The number of ether oxygens (including phenoxy) is 1. The third kappa shape index (κ3) is 8.00. The van der Waals surface area contributed by atoms with Gasteiger partial charge in [-0.2, -0.15) is 0 Å². The molecule has 0 bridgehead atoms. The Hall–Kier alpha value is 0.137. The van der Waals surface area contributed by atoms with E-state index in [1.54, 1.807) is 0 Å². The fourth-order valence-electron chi connectivity index (χ4n) is 1.68. The summed E-state index contributed by atoms with van der Waals surface area (Å²) in [6.45, 7) is 6.59. The van der Waals surface area contributed by atoms with Gasteiger partial charge < -0.3 is 9.16 Å². The molecule has 0 aliphatic rings. The number of hydrogen-bond donors (Lipinski definition) is 0. The zero-order valence-corrected chi connectivity index (χ0v) is 12.9. The monoisotopic (exact) mass is 232 g/mol. The molecule has 0 aromatic rings. The molecule has 0 saturated heterocycles. The fraction of sp³-hybridized carbons (Fsp3) is 1.00. The fourth-order valence-corrected chi connectivity index (χ4v) is 2.12. The van der Waals surface area contributed by atoms with Gasteiger partial charge in [0, 0.05) is 0 Å². The van der Waals surface area contributed by atoms with Gasteiger partial charge in [-0.05, 0) is 19.3 Å². The Morgan fingerprint density at radius 1 is 1.00 bits per heavy atom. The summed E-state index contributed by atoms with van der Waals surface area (Å²) in [4.78, 5) is 0. The second kappa shape index (κ2) is 10.6. The van der Waals surface area contributed by atoms with E-state index in [0.29, 0.717) is 6.10 Å². The van der Waals surface area contributed by atoms with Crippen LogP contribution in [-0.2, 0) is 9.16 Å². The summed E-state index contributed by atoms with van der Waals surface area (Å²) in [5.74, 6) is 0. The van der Waals surface area contributed by atoms with Crippen LogP contribution in [-0.4, -0.2) is 22.9 Å². The van der Waals surface area contributed by atoms with E-state index in [1.807, 2.05) is 0 Å². The molecule has 0 aromatic heterocycles. The lowest BCUT2D eigenvalue weighted by Gasteiger charge is -2.23. The summed E-state index contributed by atoms with van der Waals surface area (Å²) in [7, 11) is 0.772. The van der Waals surface area contributed by atoms with E-state index in [-0.39, 0.29) is 6.29 Å². The zero-order chi connectivity index (χ0) is 11.5. The van der Waals surface area contributed by atoms with Gasteiger partial charge in [0.05, 0.1) is 6.10 Å². The van der Waals surface area contributed by atoms with Gasteiger partial charge in [0.15, 0.2) is 0 Å². The van der Waals surface area contributed by atoms with Crippen molar-refractivity contribution >= 4 is 10.5 Å². The molecule has 0 N–H and O–H groups in total. The van der Waals surface area contributed by atoms with E-state index in [4.69, 9.17) is 9.16 Å². The predicted molar refractivity (Wildman–Crippen MR) is 69.0 cm³/mol. The van der Waals surface area contributed by atoms with E-state index in [9.17, 15) is 0 Å². The Labute approximate surface area is 98.3 Å². The van der Waals surface area contributed by atoms with Crippen LogP contribution in [0.25, 0.3) is 0 Å². The van der Waals surface area contributed by atoms with Crippen molar-refractivity contribution < 1.29 is 9.16 Å². The van der Waals surface area contributed by atoms with Crippen LogP contribution in [0, 0.1) is 0 Å². The van der Waals surface area contributed by atoms with Gasteiger partial charge in [-0.25, -0.2) is 0 Å². The summed E-state index contributed by atoms with van der Waals surface area (Å²) in [6.07, 6.45) is 8.88. The highest BCUT2D eigenvalue weighted by molar-refractivity contribution is 5.98. The SMILES string of the molecule is CCCCC(CCCC)OC(CC)O[SiH3]. The van der Waals surface area contributed by atoms with Gasteiger partial charge >= 0.3 is 0 Å². The van der Waals surface area contributed by atoms with Crippen molar-refractivity contribution in [3.8, 4) is 0 Å². The molecular formula is C12H28O2Si. The summed E-state index contributed by atoms with van der Waals surface area (Å²) in [5.41, 5.74) is 0. The van der Waals surface area contributed by atoms with Gasteiger partial charge in [0.2, 0.25) is 0 Å². The maximum atomic E-state index is 5.97. The molecule has 92 valence electrons. The van der Waals surface area contributed by atoms with Gasteiger partial charge in [-0.3, -0.25) is 0 Å². The lowest BCUT2D eigenvalue weighted by molar-refractivity contribution is -0.123. The van der Waals surface area contributed by atoms with Crippen LogP contribution in [0.2, 0.25) is 0 Å². The topological polar surface area (TPSA) is 18.5 Å². The second-order valence-corrected chi connectivity index (χ2v) is 4.59. The first kappa shape index (κ1) is 15.1. The molecule has 0 aliphatic carbocycles. The summed E-state index contributed by atoms with van der Waals surface area (Å²) in [5, 5.41) is 0. The average Bonchev–Trinajstić information content (AvgIpc) is 2.28. The number of rotatable bonds is 10. The summed E-state index contributed by atoms with van der Waals surface area (Å²) < 4.78 is 11.4. The third-order valence-corrected chi connectivity index (χ3v) is 3.23. The standard InChI is InChI=1S/C12H28O2Si/c1-4-7-9-11(10-8-5-2)13-12(6-3)14-15/h11-12H,4-10H2,1-3,15H3. The Kier molecular flexibility index (Phi) is 10.7. The molecule has 0 radical (unpaired) electrons. The minimum atomic E-state index is 0.0513. The molecule has 0 amide bonds. The molecular weight excluding hydrogens is 204 g/mol. The Morgan fingerprint density at radius 2 is 1.53 bits per heavy atom. The Balaban J connectivity index is 3.86. The van der Waals surface area contributed by atoms with Crippen molar-refractivity contribution in [1.29, 1.82) is 0 Å². The maximum absolute atomic E-state index is 5.97. The summed E-state index contributed by atoms with van der Waals surface area (Å²) in [6, 6.07) is 0. The van der Waals surface area contributed by atoms with Crippen LogP contribution < -0.4 is 0 Å². The van der Waals surface area contributed by atoms with Crippen molar-refractivity contribution in [1.82, 2.24) is 0 Å². The lowest BCUT2D eigenvalue weighted by Crippen LogP contribution is -2.23. The first-order valence-electron chi connectivity index (χ1n) is 6.46. The highest BCUT2D eigenvalue weighted by Crippen LogP contribution is 2.15. The highest BCUT2D eigenvalue weighted by Gasteiger charge is 2.13. The van der Waals surface area contributed by atoms with Crippen LogP contribution in [0.4, 0.5) is 0 Å². The molecule has 0 heterocycles. The second-order valence-electron chi connectivity index (χ2n) is 4.12. The van der Waals surface area contributed by atoms with Crippen LogP contribution in [0.15, 0.2) is 0 Å². The largest absolute Gasteiger partial charge is 0.404 e. The Morgan fingerprint density at radius 3 is 1.87 bits per heavy atom. The third-order valence-electron chi connectivity index (χ3n) is 2.70.